The zero-order valence-electron chi connectivity index (χ0n) is 12.1. The number of benzene rings is 2. The molecule has 0 aromatic heterocycles. The molecular formula is C17H20ClNO. The van der Waals surface area contributed by atoms with Gasteiger partial charge < -0.3 is 10.5 Å². The average molecular weight is 290 g/mol. The van der Waals surface area contributed by atoms with Gasteiger partial charge in [0, 0.05) is 6.04 Å². The van der Waals surface area contributed by atoms with Crippen LogP contribution in [0.5, 0.6) is 5.75 Å². The van der Waals surface area contributed by atoms with Crippen molar-refractivity contribution >= 4 is 11.6 Å². The monoisotopic (exact) mass is 289 g/mol. The number of hydrogen-bond acceptors (Lipinski definition) is 2. The third kappa shape index (κ3) is 3.53. The van der Waals surface area contributed by atoms with Crippen molar-refractivity contribution in [2.24, 2.45) is 5.73 Å². The number of hydrogen-bond donors (Lipinski definition) is 1. The third-order valence-corrected chi connectivity index (χ3v) is 3.50. The minimum absolute atomic E-state index is 0.131. The summed E-state index contributed by atoms with van der Waals surface area (Å²) in [5.41, 5.74) is 9.45. The second kappa shape index (κ2) is 6.29. The number of nitrogens with two attached hydrogens (primary N) is 1. The number of halogens is 1. The summed E-state index contributed by atoms with van der Waals surface area (Å²) >= 11 is 6.20. The molecular weight excluding hydrogens is 270 g/mol. The summed E-state index contributed by atoms with van der Waals surface area (Å²) in [6.07, 6.45) is -0.214. The number of aryl methyl sites for hydroxylation is 2. The van der Waals surface area contributed by atoms with Crippen molar-refractivity contribution < 1.29 is 4.74 Å². The van der Waals surface area contributed by atoms with E-state index in [0.717, 1.165) is 11.1 Å². The van der Waals surface area contributed by atoms with Crippen LogP contribution in [0.25, 0.3) is 0 Å². The van der Waals surface area contributed by atoms with E-state index in [1.807, 2.05) is 44.2 Å². The molecule has 2 atom stereocenters. The van der Waals surface area contributed by atoms with Gasteiger partial charge in [-0.1, -0.05) is 47.5 Å². The fourth-order valence-electron chi connectivity index (χ4n) is 2.16. The van der Waals surface area contributed by atoms with Crippen LogP contribution < -0.4 is 10.5 Å². The van der Waals surface area contributed by atoms with Gasteiger partial charge in [-0.2, -0.15) is 0 Å². The van der Waals surface area contributed by atoms with Crippen molar-refractivity contribution in [1.29, 1.82) is 0 Å². The van der Waals surface area contributed by atoms with Crippen LogP contribution in [0.4, 0.5) is 0 Å². The highest BCUT2D eigenvalue weighted by atomic mass is 35.5. The fourth-order valence-corrected chi connectivity index (χ4v) is 2.33. The maximum Gasteiger partial charge on any atom is 0.139 e. The molecule has 2 aromatic rings. The standard InChI is InChI=1S/C17H20ClNO/c1-11-5-4-6-14(9-11)17(13(3)19)20-16-10-12(2)7-8-15(16)18/h4-10,13,17H,19H2,1-3H3. The molecule has 2 nitrogen and oxygen atoms in total. The first-order chi connectivity index (χ1) is 9.47. The van der Waals surface area contributed by atoms with E-state index < -0.39 is 0 Å². The Morgan fingerprint density at radius 3 is 2.40 bits per heavy atom. The molecule has 0 aliphatic rings. The van der Waals surface area contributed by atoms with Crippen LogP contribution in [0.15, 0.2) is 42.5 Å². The number of ether oxygens (including phenoxy) is 1. The Labute approximate surface area is 125 Å². The Bertz CT molecular complexity index is 595. The predicted molar refractivity (Wildman–Crippen MR) is 84.4 cm³/mol. The first kappa shape index (κ1) is 14.9. The summed E-state index contributed by atoms with van der Waals surface area (Å²) in [6.45, 7) is 6.01. The second-order valence-electron chi connectivity index (χ2n) is 5.25. The Kier molecular flexibility index (Phi) is 4.69. The highest BCUT2D eigenvalue weighted by Crippen LogP contribution is 2.31. The van der Waals surface area contributed by atoms with Gasteiger partial charge in [0.2, 0.25) is 0 Å². The van der Waals surface area contributed by atoms with Gasteiger partial charge in [0.25, 0.3) is 0 Å². The summed E-state index contributed by atoms with van der Waals surface area (Å²) in [7, 11) is 0. The molecule has 2 N–H and O–H groups in total. The van der Waals surface area contributed by atoms with Crippen molar-refractivity contribution in [3.05, 3.63) is 64.2 Å². The highest BCUT2D eigenvalue weighted by Gasteiger charge is 2.19. The van der Waals surface area contributed by atoms with E-state index in [-0.39, 0.29) is 12.1 Å². The molecule has 20 heavy (non-hydrogen) atoms. The molecule has 0 saturated heterocycles. The van der Waals surface area contributed by atoms with Crippen molar-refractivity contribution in [3.63, 3.8) is 0 Å². The molecule has 0 radical (unpaired) electrons. The molecule has 3 heteroatoms. The van der Waals surface area contributed by atoms with Gasteiger partial charge in [0.05, 0.1) is 5.02 Å². The van der Waals surface area contributed by atoms with Crippen LogP contribution in [0, 0.1) is 13.8 Å². The molecule has 0 aliphatic carbocycles. The van der Waals surface area contributed by atoms with Gasteiger partial charge in [-0.15, -0.1) is 0 Å². The van der Waals surface area contributed by atoms with Crippen molar-refractivity contribution in [1.82, 2.24) is 0 Å². The lowest BCUT2D eigenvalue weighted by atomic mass is 10.0. The molecule has 0 amide bonds. The average Bonchev–Trinajstić information content (AvgIpc) is 2.39. The Balaban J connectivity index is 2.33. The largest absolute Gasteiger partial charge is 0.483 e. The zero-order chi connectivity index (χ0) is 14.7. The van der Waals surface area contributed by atoms with E-state index in [1.165, 1.54) is 5.56 Å². The second-order valence-corrected chi connectivity index (χ2v) is 5.65. The van der Waals surface area contributed by atoms with Gasteiger partial charge in [-0.3, -0.25) is 0 Å². The predicted octanol–water partition coefficient (Wildman–Crippen LogP) is 4.42. The van der Waals surface area contributed by atoms with Crippen molar-refractivity contribution in [2.45, 2.75) is 32.9 Å². The van der Waals surface area contributed by atoms with E-state index in [1.54, 1.807) is 0 Å². The van der Waals surface area contributed by atoms with E-state index >= 15 is 0 Å². The molecule has 0 bridgehead atoms. The van der Waals surface area contributed by atoms with Gasteiger partial charge in [-0.25, -0.2) is 0 Å². The smallest absolute Gasteiger partial charge is 0.139 e. The lowest BCUT2D eigenvalue weighted by molar-refractivity contribution is 0.180. The van der Waals surface area contributed by atoms with Crippen molar-refractivity contribution in [2.75, 3.05) is 0 Å². The van der Waals surface area contributed by atoms with Gasteiger partial charge in [-0.05, 0) is 44.0 Å². The minimum atomic E-state index is -0.214. The molecule has 0 aliphatic heterocycles. The maximum absolute atomic E-state index is 6.20. The Morgan fingerprint density at radius 1 is 1.05 bits per heavy atom. The van der Waals surface area contributed by atoms with Crippen LogP contribution in [-0.2, 0) is 0 Å². The van der Waals surface area contributed by atoms with Crippen LogP contribution >= 0.6 is 11.6 Å². The van der Waals surface area contributed by atoms with Gasteiger partial charge in [0.1, 0.15) is 11.9 Å². The van der Waals surface area contributed by atoms with E-state index in [2.05, 4.69) is 19.1 Å². The molecule has 2 rings (SSSR count). The summed E-state index contributed by atoms with van der Waals surface area (Å²) in [5, 5.41) is 0.605. The summed E-state index contributed by atoms with van der Waals surface area (Å²) in [5.74, 6) is 0.676. The lowest BCUT2D eigenvalue weighted by Crippen LogP contribution is -2.29. The van der Waals surface area contributed by atoms with Crippen LogP contribution in [0.2, 0.25) is 5.02 Å². The molecule has 106 valence electrons. The summed E-state index contributed by atoms with van der Waals surface area (Å²) < 4.78 is 6.07. The van der Waals surface area contributed by atoms with Crippen LogP contribution in [0.3, 0.4) is 0 Å². The summed E-state index contributed by atoms with van der Waals surface area (Å²) in [6, 6.07) is 13.8. The van der Waals surface area contributed by atoms with Gasteiger partial charge in [0.15, 0.2) is 0 Å². The quantitative estimate of drug-likeness (QED) is 0.904. The molecule has 0 spiro atoms. The highest BCUT2D eigenvalue weighted by molar-refractivity contribution is 6.32. The maximum atomic E-state index is 6.20. The molecule has 2 unspecified atom stereocenters. The van der Waals surface area contributed by atoms with Gasteiger partial charge >= 0.3 is 0 Å². The summed E-state index contributed by atoms with van der Waals surface area (Å²) in [4.78, 5) is 0. The Hall–Kier alpha value is -1.51. The first-order valence-electron chi connectivity index (χ1n) is 6.72. The zero-order valence-corrected chi connectivity index (χ0v) is 12.8. The topological polar surface area (TPSA) is 35.2 Å². The molecule has 2 aromatic carbocycles. The van der Waals surface area contributed by atoms with E-state index in [4.69, 9.17) is 22.1 Å². The lowest BCUT2D eigenvalue weighted by Gasteiger charge is -2.24. The molecule has 0 fully saturated rings. The van der Waals surface area contributed by atoms with E-state index in [0.29, 0.717) is 10.8 Å². The van der Waals surface area contributed by atoms with Crippen LogP contribution in [-0.4, -0.2) is 6.04 Å². The molecule has 0 heterocycles. The minimum Gasteiger partial charge on any atom is -0.483 e. The normalized spacial score (nSPS) is 13.8. The van der Waals surface area contributed by atoms with Crippen LogP contribution in [0.1, 0.15) is 29.7 Å². The van der Waals surface area contributed by atoms with E-state index in [9.17, 15) is 0 Å². The number of rotatable bonds is 4. The SMILES string of the molecule is Cc1cccc(C(Oc2cc(C)ccc2Cl)C(C)N)c1. The first-order valence-corrected chi connectivity index (χ1v) is 7.10. The Morgan fingerprint density at radius 2 is 1.75 bits per heavy atom. The third-order valence-electron chi connectivity index (χ3n) is 3.19. The molecule has 0 saturated carbocycles. The fraction of sp³-hybridized carbons (Fsp3) is 0.294. The van der Waals surface area contributed by atoms with Crippen molar-refractivity contribution in [3.8, 4) is 5.75 Å².